The smallest absolute Gasteiger partial charge is 0.230 e. The van der Waals surface area contributed by atoms with Crippen molar-refractivity contribution in [2.45, 2.75) is 25.7 Å². The number of nitrogens with zero attached hydrogens (tertiary/aromatic N) is 2. The van der Waals surface area contributed by atoms with Gasteiger partial charge in [0, 0.05) is 26.2 Å². The fraction of sp³-hybridized carbons (Fsp3) is 0.579. The second-order valence-electron chi connectivity index (χ2n) is 6.88. The molecule has 2 amide bonds. The lowest BCUT2D eigenvalue weighted by Gasteiger charge is -2.39. The summed E-state index contributed by atoms with van der Waals surface area (Å²) in [6.07, 6.45) is 2.81. The number of carbonyl (C=O) groups is 2. The molecule has 0 saturated carbocycles. The summed E-state index contributed by atoms with van der Waals surface area (Å²) >= 11 is 0. The molecule has 6 heteroatoms. The highest BCUT2D eigenvalue weighted by molar-refractivity contribution is 5.86. The monoisotopic (exact) mass is 346 g/mol. The highest BCUT2D eigenvalue weighted by atomic mass is 16.5. The molecule has 1 N–H and O–H groups in total. The maximum Gasteiger partial charge on any atom is 0.230 e. The molecule has 6 nitrogen and oxygen atoms in total. The van der Waals surface area contributed by atoms with Crippen LogP contribution in [0.3, 0.4) is 0 Å². The Balaban J connectivity index is 1.51. The van der Waals surface area contributed by atoms with Crippen molar-refractivity contribution in [2.24, 2.45) is 5.41 Å². The maximum atomic E-state index is 12.8. The van der Waals surface area contributed by atoms with Gasteiger partial charge in [0.1, 0.15) is 5.75 Å². The Morgan fingerprint density at radius 3 is 2.76 bits per heavy atom. The number of aliphatic hydroxyl groups excluding tert-OH is 1. The zero-order chi connectivity index (χ0) is 17.7. The summed E-state index contributed by atoms with van der Waals surface area (Å²) in [5.74, 6) is 0.902. The molecule has 2 fully saturated rings. The van der Waals surface area contributed by atoms with Crippen LogP contribution in [0.1, 0.15) is 25.7 Å². The summed E-state index contributed by atoms with van der Waals surface area (Å²) in [5, 5.41) is 9.13. The van der Waals surface area contributed by atoms with Crippen LogP contribution in [0.25, 0.3) is 0 Å². The number of aliphatic hydroxyl groups is 1. The van der Waals surface area contributed by atoms with Crippen molar-refractivity contribution in [2.75, 3.05) is 39.4 Å². The molecule has 25 heavy (non-hydrogen) atoms. The molecule has 1 spiro atoms. The molecule has 3 rings (SSSR count). The van der Waals surface area contributed by atoms with E-state index < -0.39 is 5.41 Å². The van der Waals surface area contributed by atoms with Gasteiger partial charge in [0.2, 0.25) is 11.8 Å². The number of likely N-dealkylation sites (tertiary alicyclic amines) is 2. The van der Waals surface area contributed by atoms with Crippen molar-refractivity contribution in [1.82, 2.24) is 9.80 Å². The van der Waals surface area contributed by atoms with Gasteiger partial charge in [0.15, 0.2) is 0 Å². The number of hydrogen-bond donors (Lipinski definition) is 1. The quantitative estimate of drug-likeness (QED) is 0.843. The van der Waals surface area contributed by atoms with Crippen LogP contribution in [0.15, 0.2) is 30.3 Å². The normalized spacial score (nSPS) is 23.3. The molecule has 0 aromatic heterocycles. The SMILES string of the molecule is O=C(CCOc1ccccc1)N1CCC2(CCCN(CCO)C2=O)C1. The number of piperidine rings is 1. The zero-order valence-electron chi connectivity index (χ0n) is 14.5. The predicted molar refractivity (Wildman–Crippen MR) is 93.1 cm³/mol. The standard InChI is InChI=1S/C19H26N2O4/c22-13-12-20-10-4-8-19(18(20)24)9-11-21(15-19)17(23)7-14-25-16-5-2-1-3-6-16/h1-3,5-6,22H,4,7-15H2. The van der Waals surface area contributed by atoms with Crippen molar-refractivity contribution in [3.8, 4) is 5.75 Å². The number of rotatable bonds is 6. The van der Waals surface area contributed by atoms with Gasteiger partial charge in [-0.1, -0.05) is 18.2 Å². The number of amides is 2. The lowest BCUT2D eigenvalue weighted by Crippen LogP contribution is -2.51. The molecule has 1 aromatic carbocycles. The largest absolute Gasteiger partial charge is 0.493 e. The van der Waals surface area contributed by atoms with Gasteiger partial charge < -0.3 is 19.6 Å². The van der Waals surface area contributed by atoms with E-state index in [2.05, 4.69) is 0 Å². The lowest BCUT2D eigenvalue weighted by atomic mass is 9.78. The third kappa shape index (κ3) is 3.95. The van der Waals surface area contributed by atoms with E-state index in [-0.39, 0.29) is 18.4 Å². The first kappa shape index (κ1) is 17.7. The van der Waals surface area contributed by atoms with Gasteiger partial charge in [-0.25, -0.2) is 0 Å². The first-order valence-corrected chi connectivity index (χ1v) is 9.00. The molecule has 1 unspecified atom stereocenters. The van der Waals surface area contributed by atoms with Crippen LogP contribution >= 0.6 is 0 Å². The third-order valence-electron chi connectivity index (χ3n) is 5.23. The van der Waals surface area contributed by atoms with Gasteiger partial charge >= 0.3 is 0 Å². The van der Waals surface area contributed by atoms with E-state index >= 15 is 0 Å². The van der Waals surface area contributed by atoms with Crippen molar-refractivity contribution < 1.29 is 19.4 Å². The van der Waals surface area contributed by atoms with E-state index in [0.29, 0.717) is 39.2 Å². The van der Waals surface area contributed by atoms with Gasteiger partial charge in [-0.2, -0.15) is 0 Å². The Hall–Kier alpha value is -2.08. The van der Waals surface area contributed by atoms with Gasteiger partial charge in [-0.15, -0.1) is 0 Å². The van der Waals surface area contributed by atoms with Crippen LogP contribution in [-0.2, 0) is 9.59 Å². The Bertz CT molecular complexity index is 605. The molecule has 1 aromatic rings. The second-order valence-corrected chi connectivity index (χ2v) is 6.88. The van der Waals surface area contributed by atoms with Crippen LogP contribution in [0, 0.1) is 5.41 Å². The van der Waals surface area contributed by atoms with Crippen molar-refractivity contribution in [1.29, 1.82) is 0 Å². The van der Waals surface area contributed by atoms with E-state index in [1.807, 2.05) is 30.3 Å². The molecular weight excluding hydrogens is 320 g/mol. The van der Waals surface area contributed by atoms with Crippen LogP contribution in [0.2, 0.25) is 0 Å². The van der Waals surface area contributed by atoms with Crippen molar-refractivity contribution in [3.63, 3.8) is 0 Å². The number of hydrogen-bond acceptors (Lipinski definition) is 4. The Morgan fingerprint density at radius 2 is 2.00 bits per heavy atom. The Morgan fingerprint density at radius 1 is 1.20 bits per heavy atom. The first-order chi connectivity index (χ1) is 12.1. The summed E-state index contributed by atoms with van der Waals surface area (Å²) in [4.78, 5) is 28.8. The molecule has 136 valence electrons. The van der Waals surface area contributed by atoms with E-state index in [4.69, 9.17) is 9.84 Å². The summed E-state index contributed by atoms with van der Waals surface area (Å²) in [5.41, 5.74) is -0.441. The number of para-hydroxylation sites is 1. The first-order valence-electron chi connectivity index (χ1n) is 9.00. The molecule has 2 saturated heterocycles. The number of β-amino-alcohol motifs (C(OH)–C–C–N with tert-alkyl or cyclic N) is 1. The van der Waals surface area contributed by atoms with E-state index in [0.717, 1.165) is 25.0 Å². The number of benzene rings is 1. The number of carbonyl (C=O) groups excluding carboxylic acids is 2. The topological polar surface area (TPSA) is 70.1 Å². The Labute approximate surface area is 148 Å². The van der Waals surface area contributed by atoms with Crippen LogP contribution < -0.4 is 4.74 Å². The summed E-state index contributed by atoms with van der Waals surface area (Å²) in [7, 11) is 0. The molecule has 2 aliphatic heterocycles. The lowest BCUT2D eigenvalue weighted by molar-refractivity contribution is -0.146. The van der Waals surface area contributed by atoms with Gasteiger partial charge in [-0.3, -0.25) is 9.59 Å². The minimum atomic E-state index is -0.441. The maximum absolute atomic E-state index is 12.8. The minimum Gasteiger partial charge on any atom is -0.493 e. The summed E-state index contributed by atoms with van der Waals surface area (Å²) in [6, 6.07) is 9.45. The molecule has 2 heterocycles. The highest BCUT2D eigenvalue weighted by Crippen LogP contribution is 2.40. The fourth-order valence-electron chi connectivity index (χ4n) is 3.88. The van der Waals surface area contributed by atoms with E-state index in [1.165, 1.54) is 0 Å². The second kappa shape index (κ2) is 7.87. The third-order valence-corrected chi connectivity index (χ3v) is 5.23. The molecule has 1 atom stereocenters. The fourth-order valence-corrected chi connectivity index (χ4v) is 3.88. The molecule has 0 radical (unpaired) electrons. The molecular formula is C19H26N2O4. The van der Waals surface area contributed by atoms with Gasteiger partial charge in [0.05, 0.1) is 25.0 Å². The van der Waals surface area contributed by atoms with Gasteiger partial charge in [0.25, 0.3) is 0 Å². The van der Waals surface area contributed by atoms with Crippen LogP contribution in [0.4, 0.5) is 0 Å². The summed E-state index contributed by atoms with van der Waals surface area (Å²) < 4.78 is 5.59. The molecule has 0 aliphatic carbocycles. The molecule has 0 bridgehead atoms. The average molecular weight is 346 g/mol. The van der Waals surface area contributed by atoms with E-state index in [9.17, 15) is 9.59 Å². The van der Waals surface area contributed by atoms with Crippen molar-refractivity contribution >= 4 is 11.8 Å². The zero-order valence-corrected chi connectivity index (χ0v) is 14.5. The Kier molecular flexibility index (Phi) is 5.58. The minimum absolute atomic E-state index is 0.0126. The van der Waals surface area contributed by atoms with Gasteiger partial charge in [-0.05, 0) is 31.4 Å². The van der Waals surface area contributed by atoms with E-state index in [1.54, 1.807) is 9.80 Å². The average Bonchev–Trinajstić information content (AvgIpc) is 3.05. The highest BCUT2D eigenvalue weighted by Gasteiger charge is 2.49. The predicted octanol–water partition coefficient (Wildman–Crippen LogP) is 1.29. The number of ether oxygens (including phenoxy) is 1. The van der Waals surface area contributed by atoms with Crippen LogP contribution in [-0.4, -0.2) is 66.1 Å². The summed E-state index contributed by atoms with van der Waals surface area (Å²) in [6.45, 7) is 2.55. The van der Waals surface area contributed by atoms with Crippen LogP contribution in [0.5, 0.6) is 5.75 Å². The van der Waals surface area contributed by atoms with Crippen molar-refractivity contribution in [3.05, 3.63) is 30.3 Å². The molecule has 2 aliphatic rings.